The lowest BCUT2D eigenvalue weighted by atomic mass is 9.95. The van der Waals surface area contributed by atoms with Crippen molar-refractivity contribution in [3.05, 3.63) is 29.6 Å². The number of hydrogen-bond acceptors (Lipinski definition) is 5. The molecular weight excluding hydrogens is 388 g/mol. The Balaban J connectivity index is 1.55. The summed E-state index contributed by atoms with van der Waals surface area (Å²) in [6.07, 6.45) is 1.35. The van der Waals surface area contributed by atoms with Crippen LogP contribution in [-0.4, -0.2) is 40.7 Å². The number of piperidine rings is 1. The van der Waals surface area contributed by atoms with Gasteiger partial charge in [-0.05, 0) is 25.0 Å². The highest BCUT2D eigenvalue weighted by atomic mass is 32.1. The molecule has 0 aliphatic carbocycles. The van der Waals surface area contributed by atoms with Crippen molar-refractivity contribution < 1.29 is 14.4 Å². The Kier molecular flexibility index (Phi) is 6.64. The van der Waals surface area contributed by atoms with Crippen LogP contribution in [0.2, 0.25) is 0 Å². The van der Waals surface area contributed by atoms with Gasteiger partial charge in [0.2, 0.25) is 17.7 Å². The van der Waals surface area contributed by atoms with E-state index in [1.807, 2.05) is 48.4 Å². The second-order valence-electron chi connectivity index (χ2n) is 7.54. The summed E-state index contributed by atoms with van der Waals surface area (Å²) in [7, 11) is 0. The van der Waals surface area contributed by atoms with Gasteiger partial charge >= 0.3 is 0 Å². The molecule has 0 radical (unpaired) electrons. The normalized spacial score (nSPS) is 14.7. The maximum absolute atomic E-state index is 12.6. The molecule has 2 aromatic rings. The van der Waals surface area contributed by atoms with Crippen molar-refractivity contribution in [3.63, 3.8) is 0 Å². The topological polar surface area (TPSA) is 91.4 Å². The quantitative estimate of drug-likeness (QED) is 0.782. The van der Waals surface area contributed by atoms with Gasteiger partial charge < -0.3 is 15.5 Å². The van der Waals surface area contributed by atoms with Gasteiger partial charge in [0.1, 0.15) is 0 Å². The van der Waals surface area contributed by atoms with Crippen LogP contribution in [-0.2, 0) is 14.4 Å². The molecule has 0 unspecified atom stereocenters. The second kappa shape index (κ2) is 9.17. The number of benzene rings is 1. The monoisotopic (exact) mass is 414 g/mol. The van der Waals surface area contributed by atoms with Crippen molar-refractivity contribution >= 4 is 39.9 Å². The van der Waals surface area contributed by atoms with Gasteiger partial charge in [0.15, 0.2) is 5.13 Å². The van der Waals surface area contributed by atoms with Crippen molar-refractivity contribution in [1.82, 2.24) is 9.88 Å². The molecule has 2 N–H and O–H groups in total. The summed E-state index contributed by atoms with van der Waals surface area (Å²) in [5.74, 6) is -0.116. The molecule has 0 atom stereocenters. The van der Waals surface area contributed by atoms with Crippen LogP contribution in [0.15, 0.2) is 29.6 Å². The molecule has 0 bridgehead atoms. The molecule has 1 fully saturated rings. The van der Waals surface area contributed by atoms with Crippen LogP contribution >= 0.6 is 11.3 Å². The fourth-order valence-corrected chi connectivity index (χ4v) is 4.05. The van der Waals surface area contributed by atoms with Crippen molar-refractivity contribution in [2.75, 3.05) is 23.7 Å². The third-order valence-corrected chi connectivity index (χ3v) is 5.66. The molecule has 0 saturated carbocycles. The van der Waals surface area contributed by atoms with E-state index in [9.17, 15) is 14.4 Å². The lowest BCUT2D eigenvalue weighted by Crippen LogP contribution is -2.43. The predicted molar refractivity (Wildman–Crippen MR) is 115 cm³/mol. The van der Waals surface area contributed by atoms with Crippen LogP contribution in [0.1, 0.15) is 33.6 Å². The Morgan fingerprint density at radius 3 is 2.34 bits per heavy atom. The molecule has 29 heavy (non-hydrogen) atoms. The standard InChI is InChI=1S/C21H26N4O3S/c1-13(2)20(28)25-10-8-16(9-11-25)19(27)24-21-23-18(12-29-21)15-4-6-17(7-5-15)22-14(3)26/h4-7,12-13,16H,8-11H2,1-3H3,(H,22,26)(H,23,24,27). The number of aromatic nitrogens is 1. The van der Waals surface area contributed by atoms with Crippen LogP contribution in [0.5, 0.6) is 0 Å². The van der Waals surface area contributed by atoms with Crippen LogP contribution in [0, 0.1) is 11.8 Å². The highest BCUT2D eigenvalue weighted by Gasteiger charge is 2.28. The number of likely N-dealkylation sites (tertiary alicyclic amines) is 1. The second-order valence-corrected chi connectivity index (χ2v) is 8.40. The summed E-state index contributed by atoms with van der Waals surface area (Å²) in [5.41, 5.74) is 2.42. The minimum absolute atomic E-state index is 0.0126. The van der Waals surface area contributed by atoms with E-state index in [1.54, 1.807) is 0 Å². The van der Waals surface area contributed by atoms with Crippen molar-refractivity contribution in [3.8, 4) is 11.3 Å². The zero-order valence-corrected chi connectivity index (χ0v) is 17.7. The maximum atomic E-state index is 12.6. The molecule has 3 rings (SSSR count). The van der Waals surface area contributed by atoms with Crippen molar-refractivity contribution in [2.45, 2.75) is 33.6 Å². The minimum Gasteiger partial charge on any atom is -0.342 e. The minimum atomic E-state index is -0.115. The predicted octanol–water partition coefficient (Wildman–Crippen LogP) is 3.60. The first-order valence-electron chi connectivity index (χ1n) is 9.76. The number of amides is 3. The molecule has 1 aliphatic rings. The third kappa shape index (κ3) is 5.41. The lowest BCUT2D eigenvalue weighted by molar-refractivity contribution is -0.137. The first kappa shape index (κ1) is 21.0. The summed E-state index contributed by atoms with van der Waals surface area (Å²) in [6.45, 7) is 6.51. The SMILES string of the molecule is CC(=O)Nc1ccc(-c2csc(NC(=O)C3CCN(C(=O)C(C)C)CC3)n2)cc1. The molecule has 1 saturated heterocycles. The summed E-state index contributed by atoms with van der Waals surface area (Å²) in [4.78, 5) is 42.1. The third-order valence-electron chi connectivity index (χ3n) is 4.91. The Hall–Kier alpha value is -2.74. The number of hydrogen-bond donors (Lipinski definition) is 2. The fourth-order valence-electron chi connectivity index (χ4n) is 3.33. The summed E-state index contributed by atoms with van der Waals surface area (Å²) < 4.78 is 0. The summed E-state index contributed by atoms with van der Waals surface area (Å²) in [6, 6.07) is 7.40. The number of nitrogens with zero attached hydrogens (tertiary/aromatic N) is 2. The lowest BCUT2D eigenvalue weighted by Gasteiger charge is -2.32. The number of nitrogens with one attached hydrogen (secondary N) is 2. The zero-order valence-electron chi connectivity index (χ0n) is 16.9. The molecule has 3 amide bonds. The zero-order chi connectivity index (χ0) is 21.0. The van der Waals surface area contributed by atoms with Crippen molar-refractivity contribution in [2.24, 2.45) is 11.8 Å². The highest BCUT2D eigenvalue weighted by molar-refractivity contribution is 7.14. The number of rotatable bonds is 5. The molecule has 1 aromatic heterocycles. The molecule has 8 heteroatoms. The van der Waals surface area contributed by atoms with E-state index in [1.165, 1.54) is 18.3 Å². The molecule has 1 aliphatic heterocycles. The number of thiazole rings is 1. The Morgan fingerprint density at radius 2 is 1.76 bits per heavy atom. The highest BCUT2D eigenvalue weighted by Crippen LogP contribution is 2.27. The smallest absolute Gasteiger partial charge is 0.229 e. The Morgan fingerprint density at radius 1 is 1.10 bits per heavy atom. The van der Waals surface area contributed by atoms with Gasteiger partial charge in [-0.25, -0.2) is 4.98 Å². The van der Waals surface area contributed by atoms with E-state index in [0.29, 0.717) is 31.1 Å². The van der Waals surface area contributed by atoms with E-state index in [0.717, 1.165) is 16.9 Å². The van der Waals surface area contributed by atoms with Crippen LogP contribution in [0.4, 0.5) is 10.8 Å². The molecule has 154 valence electrons. The Labute approximate surface area is 174 Å². The Bertz CT molecular complexity index is 884. The van der Waals surface area contributed by atoms with E-state index in [4.69, 9.17) is 0 Å². The van der Waals surface area contributed by atoms with Gasteiger partial charge in [-0.2, -0.15) is 0 Å². The van der Waals surface area contributed by atoms with Gasteiger partial charge in [-0.15, -0.1) is 11.3 Å². The molecule has 1 aromatic carbocycles. The van der Waals surface area contributed by atoms with E-state index >= 15 is 0 Å². The molecular formula is C21H26N4O3S. The number of carbonyl (C=O) groups excluding carboxylic acids is 3. The first-order chi connectivity index (χ1) is 13.8. The van der Waals surface area contributed by atoms with Crippen LogP contribution in [0.3, 0.4) is 0 Å². The van der Waals surface area contributed by atoms with Gasteiger partial charge in [0, 0.05) is 48.5 Å². The maximum Gasteiger partial charge on any atom is 0.229 e. The first-order valence-corrected chi connectivity index (χ1v) is 10.6. The fraction of sp³-hybridized carbons (Fsp3) is 0.429. The summed E-state index contributed by atoms with van der Waals surface area (Å²) in [5, 5.41) is 8.11. The van der Waals surface area contributed by atoms with Crippen molar-refractivity contribution in [1.29, 1.82) is 0 Å². The van der Waals surface area contributed by atoms with Gasteiger partial charge in [0.25, 0.3) is 0 Å². The molecule has 2 heterocycles. The van der Waals surface area contributed by atoms with Crippen LogP contribution < -0.4 is 10.6 Å². The number of anilines is 2. The largest absolute Gasteiger partial charge is 0.342 e. The average molecular weight is 415 g/mol. The van der Waals surface area contributed by atoms with E-state index in [-0.39, 0.29) is 29.6 Å². The molecule has 7 nitrogen and oxygen atoms in total. The molecule has 0 spiro atoms. The van der Waals surface area contributed by atoms with E-state index < -0.39 is 0 Å². The van der Waals surface area contributed by atoms with E-state index in [2.05, 4.69) is 15.6 Å². The van der Waals surface area contributed by atoms with Crippen LogP contribution in [0.25, 0.3) is 11.3 Å². The number of carbonyl (C=O) groups is 3. The van der Waals surface area contributed by atoms with Gasteiger partial charge in [-0.1, -0.05) is 26.0 Å². The average Bonchev–Trinajstić information content (AvgIpc) is 3.16. The van der Waals surface area contributed by atoms with Gasteiger partial charge in [-0.3, -0.25) is 14.4 Å². The van der Waals surface area contributed by atoms with Gasteiger partial charge in [0.05, 0.1) is 5.69 Å². The summed E-state index contributed by atoms with van der Waals surface area (Å²) >= 11 is 1.38.